The molecule has 0 fully saturated rings. The lowest BCUT2D eigenvalue weighted by Crippen LogP contribution is -2.42. The van der Waals surface area contributed by atoms with Gasteiger partial charge in [0.05, 0.1) is 6.04 Å². The molecule has 0 saturated carbocycles. The lowest BCUT2D eigenvalue weighted by atomic mass is 10.1. The number of phenols is 2. The molecule has 0 radical (unpaired) electrons. The van der Waals surface area contributed by atoms with Crippen LogP contribution in [0.1, 0.15) is 11.4 Å². The molecule has 0 unspecified atom stereocenters. The standard InChI is InChI=1S/C14H18N4O3/c15-10(7-9-1-2-11(19)12(20)8-9)14(21)18-4-3-13-16-5-6-17-13/h1-2,5-6,8,10,19-20H,3-4,7,15H2,(H,16,17)(H,18,21)/t10-/m0/s1. The van der Waals surface area contributed by atoms with Gasteiger partial charge < -0.3 is 26.2 Å². The van der Waals surface area contributed by atoms with Crippen LogP contribution in [0.5, 0.6) is 11.5 Å². The minimum absolute atomic E-state index is 0.199. The van der Waals surface area contributed by atoms with Gasteiger partial charge in [-0.25, -0.2) is 4.98 Å². The number of carbonyl (C=O) groups excluding carboxylic acids is 1. The number of hydrogen-bond acceptors (Lipinski definition) is 5. The molecule has 1 atom stereocenters. The summed E-state index contributed by atoms with van der Waals surface area (Å²) in [6, 6.07) is 3.66. The Morgan fingerprint density at radius 2 is 2.19 bits per heavy atom. The van der Waals surface area contributed by atoms with Crippen LogP contribution in [-0.2, 0) is 17.6 Å². The van der Waals surface area contributed by atoms with Crippen LogP contribution in [0.25, 0.3) is 0 Å². The molecule has 2 rings (SSSR count). The van der Waals surface area contributed by atoms with Gasteiger partial charge in [-0.3, -0.25) is 4.79 Å². The Kier molecular flexibility index (Phi) is 4.78. The molecule has 0 aliphatic rings. The third-order valence-corrected chi connectivity index (χ3v) is 3.05. The predicted molar refractivity (Wildman–Crippen MR) is 76.8 cm³/mol. The van der Waals surface area contributed by atoms with E-state index >= 15 is 0 Å². The first-order valence-electron chi connectivity index (χ1n) is 6.58. The summed E-state index contributed by atoms with van der Waals surface area (Å²) in [6.07, 6.45) is 4.26. The zero-order valence-corrected chi connectivity index (χ0v) is 11.4. The van der Waals surface area contributed by atoms with E-state index in [9.17, 15) is 15.0 Å². The quantitative estimate of drug-likeness (QED) is 0.481. The Morgan fingerprint density at radius 1 is 1.38 bits per heavy atom. The van der Waals surface area contributed by atoms with E-state index in [1.165, 1.54) is 12.1 Å². The molecule has 7 heteroatoms. The van der Waals surface area contributed by atoms with Gasteiger partial charge in [0.25, 0.3) is 0 Å². The molecule has 0 saturated heterocycles. The van der Waals surface area contributed by atoms with Gasteiger partial charge in [-0.05, 0) is 24.1 Å². The highest BCUT2D eigenvalue weighted by Gasteiger charge is 2.14. The van der Waals surface area contributed by atoms with Crippen molar-refractivity contribution in [3.63, 3.8) is 0 Å². The van der Waals surface area contributed by atoms with Gasteiger partial charge in [0.1, 0.15) is 5.82 Å². The number of imidazole rings is 1. The topological polar surface area (TPSA) is 124 Å². The van der Waals surface area contributed by atoms with Crippen molar-refractivity contribution >= 4 is 5.91 Å². The number of hydrogen-bond donors (Lipinski definition) is 5. The second-order valence-corrected chi connectivity index (χ2v) is 4.71. The van der Waals surface area contributed by atoms with Gasteiger partial charge >= 0.3 is 0 Å². The third kappa shape index (κ3) is 4.22. The van der Waals surface area contributed by atoms with E-state index in [1.807, 2.05) is 0 Å². The van der Waals surface area contributed by atoms with Gasteiger partial charge in [0.2, 0.25) is 5.91 Å². The number of aromatic nitrogens is 2. The summed E-state index contributed by atoms with van der Waals surface area (Å²) < 4.78 is 0. The van der Waals surface area contributed by atoms with Crippen molar-refractivity contribution in [2.24, 2.45) is 5.73 Å². The fraction of sp³-hybridized carbons (Fsp3) is 0.286. The number of amides is 1. The molecule has 0 aliphatic carbocycles. The van der Waals surface area contributed by atoms with Crippen LogP contribution in [0.15, 0.2) is 30.6 Å². The number of aromatic amines is 1. The van der Waals surface area contributed by atoms with E-state index in [0.29, 0.717) is 18.5 Å². The molecule has 1 heterocycles. The zero-order valence-electron chi connectivity index (χ0n) is 11.4. The smallest absolute Gasteiger partial charge is 0.237 e. The van der Waals surface area contributed by atoms with E-state index in [0.717, 1.165) is 5.82 Å². The average Bonchev–Trinajstić information content (AvgIpc) is 2.96. The van der Waals surface area contributed by atoms with E-state index in [-0.39, 0.29) is 23.8 Å². The second-order valence-electron chi connectivity index (χ2n) is 4.71. The number of H-pyrrole nitrogens is 1. The molecule has 7 nitrogen and oxygen atoms in total. The molecule has 0 bridgehead atoms. The van der Waals surface area contributed by atoms with Crippen molar-refractivity contribution in [2.75, 3.05) is 6.54 Å². The fourth-order valence-electron chi connectivity index (χ4n) is 1.91. The van der Waals surface area contributed by atoms with Gasteiger partial charge in [-0.15, -0.1) is 0 Å². The molecule has 21 heavy (non-hydrogen) atoms. The number of aromatic hydroxyl groups is 2. The second kappa shape index (κ2) is 6.76. The van der Waals surface area contributed by atoms with E-state index in [1.54, 1.807) is 18.5 Å². The Balaban J connectivity index is 1.80. The average molecular weight is 290 g/mol. The Labute approximate surface area is 121 Å². The molecule has 0 aliphatic heterocycles. The van der Waals surface area contributed by atoms with Crippen LogP contribution in [0, 0.1) is 0 Å². The molecule has 1 aromatic heterocycles. The Hall–Kier alpha value is -2.54. The molecule has 0 spiro atoms. The summed E-state index contributed by atoms with van der Waals surface area (Å²) in [6.45, 7) is 0.445. The van der Waals surface area contributed by atoms with Crippen molar-refractivity contribution in [3.8, 4) is 11.5 Å². The predicted octanol–water partition coefficient (Wildman–Crippen LogP) is 0.0496. The van der Waals surface area contributed by atoms with E-state index in [2.05, 4.69) is 15.3 Å². The monoisotopic (exact) mass is 290 g/mol. The van der Waals surface area contributed by atoms with E-state index in [4.69, 9.17) is 5.73 Å². The SMILES string of the molecule is N[C@@H](Cc1ccc(O)c(O)c1)C(=O)NCCc1ncc[nH]1. The van der Waals surface area contributed by atoms with Crippen LogP contribution in [0.4, 0.5) is 0 Å². The first-order chi connectivity index (χ1) is 10.1. The highest BCUT2D eigenvalue weighted by molar-refractivity contribution is 5.81. The maximum atomic E-state index is 11.8. The number of benzene rings is 1. The molecule has 1 aromatic carbocycles. The summed E-state index contributed by atoms with van der Waals surface area (Å²) in [7, 11) is 0. The lowest BCUT2D eigenvalue weighted by Gasteiger charge is -2.12. The van der Waals surface area contributed by atoms with Crippen LogP contribution >= 0.6 is 0 Å². The number of phenolic OH excluding ortho intramolecular Hbond substituents is 2. The van der Waals surface area contributed by atoms with Crippen molar-refractivity contribution in [2.45, 2.75) is 18.9 Å². The summed E-state index contributed by atoms with van der Waals surface area (Å²) in [5.41, 5.74) is 6.50. The Morgan fingerprint density at radius 3 is 2.86 bits per heavy atom. The molecule has 1 amide bonds. The Bertz CT molecular complexity index is 598. The highest BCUT2D eigenvalue weighted by atomic mass is 16.3. The van der Waals surface area contributed by atoms with Crippen LogP contribution in [-0.4, -0.2) is 38.7 Å². The molecular weight excluding hydrogens is 272 g/mol. The number of nitrogens with zero attached hydrogens (tertiary/aromatic N) is 1. The van der Waals surface area contributed by atoms with Crippen molar-refractivity contribution in [1.29, 1.82) is 0 Å². The van der Waals surface area contributed by atoms with Crippen LogP contribution in [0.2, 0.25) is 0 Å². The van der Waals surface area contributed by atoms with Crippen LogP contribution < -0.4 is 11.1 Å². The molecule has 6 N–H and O–H groups in total. The highest BCUT2D eigenvalue weighted by Crippen LogP contribution is 2.25. The molecule has 2 aromatic rings. The number of nitrogens with one attached hydrogen (secondary N) is 2. The zero-order chi connectivity index (χ0) is 15.2. The summed E-state index contributed by atoms with van der Waals surface area (Å²) in [5.74, 6) is 0.106. The first kappa shape index (κ1) is 14.9. The van der Waals surface area contributed by atoms with Crippen molar-refractivity contribution in [3.05, 3.63) is 42.0 Å². The summed E-state index contributed by atoms with van der Waals surface area (Å²) >= 11 is 0. The third-order valence-electron chi connectivity index (χ3n) is 3.05. The van der Waals surface area contributed by atoms with Gasteiger partial charge in [-0.2, -0.15) is 0 Å². The van der Waals surface area contributed by atoms with Gasteiger partial charge in [0.15, 0.2) is 11.5 Å². The fourth-order valence-corrected chi connectivity index (χ4v) is 1.91. The number of nitrogens with two attached hydrogens (primary N) is 1. The lowest BCUT2D eigenvalue weighted by molar-refractivity contribution is -0.122. The maximum Gasteiger partial charge on any atom is 0.237 e. The summed E-state index contributed by atoms with van der Waals surface area (Å²) in [4.78, 5) is 18.8. The minimum atomic E-state index is -0.717. The van der Waals surface area contributed by atoms with E-state index < -0.39 is 6.04 Å². The van der Waals surface area contributed by atoms with Gasteiger partial charge in [0, 0.05) is 25.4 Å². The van der Waals surface area contributed by atoms with Crippen LogP contribution in [0.3, 0.4) is 0 Å². The largest absolute Gasteiger partial charge is 0.504 e. The van der Waals surface area contributed by atoms with Crippen molar-refractivity contribution in [1.82, 2.24) is 15.3 Å². The first-order valence-corrected chi connectivity index (χ1v) is 6.58. The number of rotatable bonds is 6. The number of carbonyl (C=O) groups is 1. The maximum absolute atomic E-state index is 11.8. The molecule has 112 valence electrons. The van der Waals surface area contributed by atoms with Crippen molar-refractivity contribution < 1.29 is 15.0 Å². The normalized spacial score (nSPS) is 12.0. The summed E-state index contributed by atoms with van der Waals surface area (Å²) in [5, 5.41) is 21.4. The minimum Gasteiger partial charge on any atom is -0.504 e. The molecular formula is C14H18N4O3. The van der Waals surface area contributed by atoms with Gasteiger partial charge in [-0.1, -0.05) is 6.07 Å².